The average Bonchev–Trinajstić information content (AvgIpc) is 2.56. The van der Waals surface area contributed by atoms with E-state index in [9.17, 15) is 5.26 Å². The monoisotopic (exact) mass is 270 g/mol. The molecule has 21 heavy (non-hydrogen) atoms. The average molecular weight is 270 g/mol. The molecule has 2 heteroatoms. The minimum absolute atomic E-state index is 0.678. The first kappa shape index (κ1) is 13.1. The summed E-state index contributed by atoms with van der Waals surface area (Å²) in [5, 5.41) is 9.31. The van der Waals surface area contributed by atoms with E-state index >= 15 is 0 Å². The standard InChI is InChI=1S/C19H14N2/c1-14-7-10-19(21-13-14)16-8-9-17(12-20)18(11-16)15-5-3-2-4-6-15/h2-11,13H,1H3. The van der Waals surface area contributed by atoms with E-state index in [1.54, 1.807) is 0 Å². The van der Waals surface area contributed by atoms with Gasteiger partial charge in [0.2, 0.25) is 0 Å². The summed E-state index contributed by atoms with van der Waals surface area (Å²) < 4.78 is 0. The number of rotatable bonds is 2. The number of hydrogen-bond acceptors (Lipinski definition) is 2. The van der Waals surface area contributed by atoms with Gasteiger partial charge in [-0.25, -0.2) is 0 Å². The van der Waals surface area contributed by atoms with Crippen LogP contribution in [0.3, 0.4) is 0 Å². The quantitative estimate of drug-likeness (QED) is 0.682. The van der Waals surface area contributed by atoms with E-state index in [4.69, 9.17) is 0 Å². The van der Waals surface area contributed by atoms with Crippen LogP contribution in [0.5, 0.6) is 0 Å². The molecule has 0 aliphatic heterocycles. The molecule has 0 bridgehead atoms. The SMILES string of the molecule is Cc1ccc(-c2ccc(C#N)c(-c3ccccc3)c2)nc1. The molecule has 0 saturated heterocycles. The molecule has 1 heterocycles. The normalized spacial score (nSPS) is 10.1. The second-order valence-corrected chi connectivity index (χ2v) is 4.96. The highest BCUT2D eigenvalue weighted by Gasteiger charge is 2.07. The number of pyridine rings is 1. The fraction of sp³-hybridized carbons (Fsp3) is 0.0526. The maximum atomic E-state index is 9.31. The molecular formula is C19H14N2. The fourth-order valence-corrected chi connectivity index (χ4v) is 2.30. The number of aromatic nitrogens is 1. The third-order valence-corrected chi connectivity index (χ3v) is 3.43. The van der Waals surface area contributed by atoms with Gasteiger partial charge < -0.3 is 0 Å². The van der Waals surface area contributed by atoms with E-state index in [2.05, 4.69) is 11.1 Å². The van der Waals surface area contributed by atoms with Gasteiger partial charge in [0.25, 0.3) is 0 Å². The van der Waals surface area contributed by atoms with Gasteiger partial charge in [-0.1, -0.05) is 42.5 Å². The largest absolute Gasteiger partial charge is 0.256 e. The summed E-state index contributed by atoms with van der Waals surface area (Å²) in [5.74, 6) is 0. The minimum Gasteiger partial charge on any atom is -0.256 e. The van der Waals surface area contributed by atoms with Gasteiger partial charge in [-0.05, 0) is 36.2 Å². The van der Waals surface area contributed by atoms with Crippen molar-refractivity contribution in [2.75, 3.05) is 0 Å². The summed E-state index contributed by atoms with van der Waals surface area (Å²) in [6, 6.07) is 22.1. The molecule has 0 spiro atoms. The fourth-order valence-electron chi connectivity index (χ4n) is 2.30. The number of aryl methyl sites for hydroxylation is 1. The van der Waals surface area contributed by atoms with Gasteiger partial charge in [0.05, 0.1) is 17.3 Å². The highest BCUT2D eigenvalue weighted by molar-refractivity contribution is 5.76. The van der Waals surface area contributed by atoms with Crippen molar-refractivity contribution < 1.29 is 0 Å². The molecule has 0 unspecified atom stereocenters. The highest BCUT2D eigenvalue weighted by Crippen LogP contribution is 2.28. The van der Waals surface area contributed by atoms with Crippen molar-refractivity contribution in [3.8, 4) is 28.5 Å². The number of benzene rings is 2. The van der Waals surface area contributed by atoms with E-state index in [0.29, 0.717) is 5.56 Å². The zero-order valence-corrected chi connectivity index (χ0v) is 11.7. The summed E-state index contributed by atoms with van der Waals surface area (Å²) >= 11 is 0. The van der Waals surface area contributed by atoms with Gasteiger partial charge in [-0.15, -0.1) is 0 Å². The van der Waals surface area contributed by atoms with Gasteiger partial charge >= 0.3 is 0 Å². The van der Waals surface area contributed by atoms with Crippen LogP contribution >= 0.6 is 0 Å². The molecular weight excluding hydrogens is 256 g/mol. The van der Waals surface area contributed by atoms with E-state index in [0.717, 1.165) is 27.9 Å². The molecule has 3 aromatic rings. The van der Waals surface area contributed by atoms with Crippen LogP contribution in [0.25, 0.3) is 22.4 Å². The molecule has 0 saturated carbocycles. The third kappa shape index (κ3) is 2.68. The lowest BCUT2D eigenvalue weighted by Crippen LogP contribution is -1.89. The first-order valence-electron chi connectivity index (χ1n) is 6.80. The topological polar surface area (TPSA) is 36.7 Å². The lowest BCUT2D eigenvalue weighted by Gasteiger charge is -2.08. The predicted octanol–water partition coefficient (Wildman–Crippen LogP) is 4.60. The van der Waals surface area contributed by atoms with Crippen molar-refractivity contribution in [2.45, 2.75) is 6.92 Å². The summed E-state index contributed by atoms with van der Waals surface area (Å²) in [6.07, 6.45) is 1.86. The molecule has 0 radical (unpaired) electrons. The first-order valence-corrected chi connectivity index (χ1v) is 6.80. The lowest BCUT2D eigenvalue weighted by atomic mass is 9.96. The lowest BCUT2D eigenvalue weighted by molar-refractivity contribution is 1.27. The van der Waals surface area contributed by atoms with Crippen molar-refractivity contribution in [2.24, 2.45) is 0 Å². The smallest absolute Gasteiger partial charge is 0.0998 e. The molecule has 2 nitrogen and oxygen atoms in total. The number of hydrogen-bond donors (Lipinski definition) is 0. The third-order valence-electron chi connectivity index (χ3n) is 3.43. The van der Waals surface area contributed by atoms with Crippen molar-refractivity contribution in [1.82, 2.24) is 4.98 Å². The van der Waals surface area contributed by atoms with Crippen LogP contribution in [0, 0.1) is 18.3 Å². The van der Waals surface area contributed by atoms with Gasteiger partial charge in [0, 0.05) is 17.3 Å². The molecule has 0 aliphatic rings. The zero-order chi connectivity index (χ0) is 14.7. The minimum atomic E-state index is 0.678. The highest BCUT2D eigenvalue weighted by atomic mass is 14.7. The van der Waals surface area contributed by atoms with E-state index in [1.165, 1.54) is 0 Å². The molecule has 0 amide bonds. The van der Waals surface area contributed by atoms with Gasteiger partial charge in [-0.3, -0.25) is 4.98 Å². The molecule has 1 aromatic heterocycles. The van der Waals surface area contributed by atoms with Crippen LogP contribution in [0.1, 0.15) is 11.1 Å². The Labute approximate surface area is 124 Å². The van der Waals surface area contributed by atoms with Crippen LogP contribution in [0.15, 0.2) is 66.9 Å². The van der Waals surface area contributed by atoms with Crippen LogP contribution in [0.4, 0.5) is 0 Å². The molecule has 3 rings (SSSR count). The van der Waals surface area contributed by atoms with Crippen molar-refractivity contribution in [3.63, 3.8) is 0 Å². The maximum absolute atomic E-state index is 9.31. The summed E-state index contributed by atoms with van der Waals surface area (Å²) in [7, 11) is 0. The Morgan fingerprint density at radius 3 is 2.38 bits per heavy atom. The molecule has 100 valence electrons. The Kier molecular flexibility index (Phi) is 3.49. The second-order valence-electron chi connectivity index (χ2n) is 4.96. The van der Waals surface area contributed by atoms with E-state index < -0.39 is 0 Å². The van der Waals surface area contributed by atoms with Crippen molar-refractivity contribution >= 4 is 0 Å². The molecule has 2 aromatic carbocycles. The Morgan fingerprint density at radius 2 is 1.71 bits per heavy atom. The van der Waals surface area contributed by atoms with Gasteiger partial charge in [-0.2, -0.15) is 5.26 Å². The summed E-state index contributed by atoms with van der Waals surface area (Å²) in [5.41, 5.74) is 5.74. The van der Waals surface area contributed by atoms with Gasteiger partial charge in [0.15, 0.2) is 0 Å². The van der Waals surface area contributed by atoms with E-state index in [-0.39, 0.29) is 0 Å². The van der Waals surface area contributed by atoms with E-state index in [1.807, 2.05) is 73.8 Å². The Morgan fingerprint density at radius 1 is 0.905 bits per heavy atom. The molecule has 0 N–H and O–H groups in total. The summed E-state index contributed by atoms with van der Waals surface area (Å²) in [6.45, 7) is 2.02. The molecule has 0 fully saturated rings. The first-order chi connectivity index (χ1) is 10.3. The second kappa shape index (κ2) is 5.60. The van der Waals surface area contributed by atoms with Crippen molar-refractivity contribution in [3.05, 3.63) is 78.0 Å². The zero-order valence-electron chi connectivity index (χ0n) is 11.7. The van der Waals surface area contributed by atoms with Crippen LogP contribution in [0.2, 0.25) is 0 Å². The molecule has 0 aliphatic carbocycles. The Hall–Kier alpha value is -2.92. The Bertz CT molecular complexity index is 797. The number of nitriles is 1. The van der Waals surface area contributed by atoms with Crippen LogP contribution in [-0.2, 0) is 0 Å². The Balaban J connectivity index is 2.14. The predicted molar refractivity (Wildman–Crippen MR) is 84.6 cm³/mol. The summed E-state index contributed by atoms with van der Waals surface area (Å²) in [4.78, 5) is 4.46. The van der Waals surface area contributed by atoms with Crippen LogP contribution < -0.4 is 0 Å². The van der Waals surface area contributed by atoms with Crippen molar-refractivity contribution in [1.29, 1.82) is 5.26 Å². The van der Waals surface area contributed by atoms with Gasteiger partial charge in [0.1, 0.15) is 0 Å². The molecule has 0 atom stereocenters. The number of nitrogens with zero attached hydrogens (tertiary/aromatic N) is 2. The maximum Gasteiger partial charge on any atom is 0.0998 e. The van der Waals surface area contributed by atoms with Crippen LogP contribution in [-0.4, -0.2) is 4.98 Å².